The van der Waals surface area contributed by atoms with Gasteiger partial charge in [0.05, 0.1) is 10.4 Å². The molecule has 0 spiro atoms. The number of benzene rings is 3. The molecule has 4 rings (SSSR count). The number of halogens is 2. The Labute approximate surface area is 152 Å². The van der Waals surface area contributed by atoms with Crippen molar-refractivity contribution in [3.63, 3.8) is 0 Å². The average molecular weight is 421 g/mol. The van der Waals surface area contributed by atoms with Crippen molar-refractivity contribution in [2.24, 2.45) is 0 Å². The Bertz CT molecular complexity index is 1200. The fourth-order valence-electron chi connectivity index (χ4n) is 2.77. The Balaban J connectivity index is 1.91. The van der Waals surface area contributed by atoms with Crippen LogP contribution in [0, 0.1) is 0 Å². The smallest absolute Gasteiger partial charge is 0.241 e. The predicted molar refractivity (Wildman–Crippen MR) is 101 cm³/mol. The predicted octanol–water partition coefficient (Wildman–Crippen LogP) is 5.45. The van der Waals surface area contributed by atoms with Gasteiger partial charge >= 0.3 is 0 Å². The van der Waals surface area contributed by atoms with Crippen molar-refractivity contribution in [2.75, 3.05) is 0 Å². The second-order valence-corrected chi connectivity index (χ2v) is 8.64. The van der Waals surface area contributed by atoms with Crippen molar-refractivity contribution < 1.29 is 8.42 Å². The topological polar surface area (TPSA) is 39.1 Å². The van der Waals surface area contributed by atoms with E-state index in [1.165, 1.54) is 3.97 Å². The zero-order valence-corrected chi connectivity index (χ0v) is 15.4. The molecule has 3 nitrogen and oxygen atoms in total. The van der Waals surface area contributed by atoms with E-state index in [0.717, 1.165) is 20.6 Å². The molecule has 120 valence electrons. The highest BCUT2D eigenvalue weighted by atomic mass is 79.9. The van der Waals surface area contributed by atoms with E-state index in [4.69, 9.17) is 11.6 Å². The van der Waals surface area contributed by atoms with Crippen molar-refractivity contribution >= 4 is 59.2 Å². The molecule has 0 N–H and O–H groups in total. The van der Waals surface area contributed by atoms with Gasteiger partial charge in [0.15, 0.2) is 0 Å². The quantitative estimate of drug-likeness (QED) is 0.433. The summed E-state index contributed by atoms with van der Waals surface area (Å²) in [4.78, 5) is 0.254. The van der Waals surface area contributed by atoms with Crippen LogP contribution in [0.15, 0.2) is 76.2 Å². The summed E-state index contributed by atoms with van der Waals surface area (Å²) in [5.41, 5.74) is 0.607. The molecule has 0 aliphatic rings. The van der Waals surface area contributed by atoms with Gasteiger partial charge in [-0.05, 0) is 59.3 Å². The summed E-state index contributed by atoms with van der Waals surface area (Å²) >= 11 is 9.40. The molecule has 0 unspecified atom stereocenters. The van der Waals surface area contributed by atoms with Gasteiger partial charge in [0, 0.05) is 21.1 Å². The third-order valence-electron chi connectivity index (χ3n) is 3.95. The van der Waals surface area contributed by atoms with Gasteiger partial charge in [0.25, 0.3) is 10.0 Å². The van der Waals surface area contributed by atoms with Crippen molar-refractivity contribution in [2.45, 2.75) is 4.90 Å². The maximum atomic E-state index is 13.0. The molecule has 0 amide bonds. The molecule has 0 atom stereocenters. The summed E-state index contributed by atoms with van der Waals surface area (Å²) in [6, 6.07) is 17.8. The van der Waals surface area contributed by atoms with E-state index in [1.807, 2.05) is 24.3 Å². The molecule has 0 bridgehead atoms. The van der Waals surface area contributed by atoms with E-state index in [1.54, 1.807) is 42.6 Å². The van der Waals surface area contributed by atoms with E-state index >= 15 is 0 Å². The minimum Gasteiger partial charge on any atom is -0.241 e. The van der Waals surface area contributed by atoms with E-state index < -0.39 is 10.0 Å². The van der Waals surface area contributed by atoms with Crippen LogP contribution in [0.1, 0.15) is 0 Å². The van der Waals surface area contributed by atoms with Crippen LogP contribution in [-0.4, -0.2) is 12.4 Å². The number of nitrogens with zero attached hydrogens (tertiary/aromatic N) is 1. The van der Waals surface area contributed by atoms with Gasteiger partial charge in [-0.3, -0.25) is 0 Å². The van der Waals surface area contributed by atoms with Gasteiger partial charge in [-0.2, -0.15) is 0 Å². The summed E-state index contributed by atoms with van der Waals surface area (Å²) in [6.07, 6.45) is 1.56. The summed E-state index contributed by atoms with van der Waals surface area (Å²) in [6.45, 7) is 0. The lowest BCUT2D eigenvalue weighted by atomic mass is 10.1. The van der Waals surface area contributed by atoms with Gasteiger partial charge in [-0.25, -0.2) is 12.4 Å². The van der Waals surface area contributed by atoms with E-state index in [9.17, 15) is 8.42 Å². The second kappa shape index (κ2) is 5.62. The van der Waals surface area contributed by atoms with Crippen LogP contribution >= 0.6 is 27.5 Å². The standard InChI is InChI=1S/C18H11BrClNO2S/c19-15-3-1-13-11-17(5-2-12(13)9-15)24(22,23)21-8-7-14-10-16(20)4-6-18(14)21/h1-11H. The van der Waals surface area contributed by atoms with Crippen LogP contribution in [0.25, 0.3) is 21.7 Å². The Hall–Kier alpha value is -1.82. The maximum absolute atomic E-state index is 13.0. The molecule has 0 saturated heterocycles. The molecule has 3 aromatic carbocycles. The first-order valence-electron chi connectivity index (χ1n) is 7.17. The molecule has 0 aliphatic heterocycles. The van der Waals surface area contributed by atoms with Crippen molar-refractivity contribution in [3.8, 4) is 0 Å². The van der Waals surface area contributed by atoms with Gasteiger partial charge in [0.1, 0.15) is 0 Å². The summed E-state index contributed by atoms with van der Waals surface area (Å²) < 4.78 is 28.3. The Morgan fingerprint density at radius 2 is 1.58 bits per heavy atom. The molecular formula is C18H11BrClNO2S. The Morgan fingerprint density at radius 1 is 0.833 bits per heavy atom. The molecule has 24 heavy (non-hydrogen) atoms. The highest BCUT2D eigenvalue weighted by Crippen LogP contribution is 2.27. The average Bonchev–Trinajstić information content (AvgIpc) is 2.97. The van der Waals surface area contributed by atoms with E-state index in [0.29, 0.717) is 10.5 Å². The summed E-state index contributed by atoms with van der Waals surface area (Å²) in [5.74, 6) is 0. The van der Waals surface area contributed by atoms with E-state index in [-0.39, 0.29) is 4.90 Å². The highest BCUT2D eigenvalue weighted by Gasteiger charge is 2.19. The monoisotopic (exact) mass is 419 g/mol. The van der Waals surface area contributed by atoms with Gasteiger partial charge in [0.2, 0.25) is 0 Å². The van der Waals surface area contributed by atoms with Gasteiger partial charge in [-0.15, -0.1) is 0 Å². The minimum absolute atomic E-state index is 0.254. The Kier molecular flexibility index (Phi) is 3.67. The number of hydrogen-bond donors (Lipinski definition) is 0. The van der Waals surface area contributed by atoms with Crippen molar-refractivity contribution in [1.82, 2.24) is 3.97 Å². The van der Waals surface area contributed by atoms with Gasteiger partial charge in [-0.1, -0.05) is 39.7 Å². The number of hydrogen-bond acceptors (Lipinski definition) is 2. The SMILES string of the molecule is O=S(=O)(c1ccc2cc(Br)ccc2c1)n1ccc2cc(Cl)ccc21. The van der Waals surface area contributed by atoms with Crippen LogP contribution < -0.4 is 0 Å². The number of rotatable bonds is 2. The number of fused-ring (bicyclic) bond motifs is 2. The zero-order valence-electron chi connectivity index (χ0n) is 12.3. The number of aromatic nitrogens is 1. The molecule has 0 saturated carbocycles. The lowest BCUT2D eigenvalue weighted by Gasteiger charge is -2.09. The normalized spacial score (nSPS) is 12.1. The molecule has 4 aromatic rings. The maximum Gasteiger partial charge on any atom is 0.268 e. The zero-order chi connectivity index (χ0) is 16.9. The van der Waals surface area contributed by atoms with Crippen LogP contribution in [-0.2, 0) is 10.0 Å². The van der Waals surface area contributed by atoms with Crippen LogP contribution in [0.4, 0.5) is 0 Å². The Morgan fingerprint density at radius 3 is 2.42 bits per heavy atom. The third kappa shape index (κ3) is 2.53. The second-order valence-electron chi connectivity index (χ2n) is 5.47. The largest absolute Gasteiger partial charge is 0.268 e. The molecule has 0 aliphatic carbocycles. The summed E-state index contributed by atoms with van der Waals surface area (Å²) in [5, 5.41) is 3.22. The molecular weight excluding hydrogens is 410 g/mol. The molecule has 6 heteroatoms. The fraction of sp³-hybridized carbons (Fsp3) is 0. The van der Waals surface area contributed by atoms with Crippen LogP contribution in [0.3, 0.4) is 0 Å². The first-order valence-corrected chi connectivity index (χ1v) is 9.78. The van der Waals surface area contributed by atoms with Crippen molar-refractivity contribution in [3.05, 3.63) is 76.4 Å². The molecule has 0 fully saturated rings. The molecule has 0 radical (unpaired) electrons. The van der Waals surface area contributed by atoms with Gasteiger partial charge < -0.3 is 0 Å². The molecule has 1 heterocycles. The van der Waals surface area contributed by atoms with Crippen LogP contribution in [0.2, 0.25) is 5.02 Å². The highest BCUT2D eigenvalue weighted by molar-refractivity contribution is 9.10. The first kappa shape index (κ1) is 15.7. The van der Waals surface area contributed by atoms with Crippen LogP contribution in [0.5, 0.6) is 0 Å². The first-order chi connectivity index (χ1) is 11.4. The van der Waals surface area contributed by atoms with E-state index in [2.05, 4.69) is 15.9 Å². The van der Waals surface area contributed by atoms with Crippen molar-refractivity contribution in [1.29, 1.82) is 0 Å². The fourth-order valence-corrected chi connectivity index (χ4v) is 4.71. The minimum atomic E-state index is -3.67. The molecule has 1 aromatic heterocycles. The summed E-state index contributed by atoms with van der Waals surface area (Å²) in [7, 11) is -3.67. The lowest BCUT2D eigenvalue weighted by Crippen LogP contribution is -2.11. The third-order valence-corrected chi connectivity index (χ3v) is 6.36. The lowest BCUT2D eigenvalue weighted by molar-refractivity contribution is 0.589.